The van der Waals surface area contributed by atoms with Gasteiger partial charge < -0.3 is 10.2 Å². The van der Waals surface area contributed by atoms with E-state index in [1.807, 2.05) is 0 Å². The van der Waals surface area contributed by atoms with Gasteiger partial charge in [0.15, 0.2) is 0 Å². The molecule has 0 radical (unpaired) electrons. The average Bonchev–Trinajstić information content (AvgIpc) is 2.37. The lowest BCUT2D eigenvalue weighted by atomic mass is 9.83. The first-order valence-electron chi connectivity index (χ1n) is 7.54. The molecule has 0 spiro atoms. The first-order valence-corrected chi connectivity index (χ1v) is 8.62. The van der Waals surface area contributed by atoms with E-state index in [0.29, 0.717) is 23.4 Å². The Kier molecular flexibility index (Phi) is 5.00. The zero-order valence-electron chi connectivity index (χ0n) is 13.3. The summed E-state index contributed by atoms with van der Waals surface area (Å²) in [5, 5.41) is 3.76. The van der Waals surface area contributed by atoms with Gasteiger partial charge in [-0.15, -0.1) is 0 Å². The summed E-state index contributed by atoms with van der Waals surface area (Å²) in [7, 11) is 0. The Morgan fingerprint density at radius 3 is 2.55 bits per heavy atom. The van der Waals surface area contributed by atoms with Crippen LogP contribution in [0.4, 0.5) is 5.69 Å². The van der Waals surface area contributed by atoms with Crippen LogP contribution in [0.1, 0.15) is 34.6 Å². The lowest BCUT2D eigenvalue weighted by Gasteiger charge is -2.47. The van der Waals surface area contributed by atoms with Gasteiger partial charge >= 0.3 is 0 Å². The summed E-state index contributed by atoms with van der Waals surface area (Å²) in [6, 6.07) is 10.0. The molecule has 0 amide bonds. The smallest absolute Gasteiger partial charge is 0.0438 e. The Hall–Kier alpha value is -0.290. The SMILES string of the molecule is CC(C)C1CNC(C(C)(C)C)CN1c1cccc(I)c1. The van der Waals surface area contributed by atoms with Crippen molar-refractivity contribution < 1.29 is 0 Å². The summed E-state index contributed by atoms with van der Waals surface area (Å²) in [6.07, 6.45) is 0. The van der Waals surface area contributed by atoms with Gasteiger partial charge in [-0.05, 0) is 52.1 Å². The maximum atomic E-state index is 3.76. The van der Waals surface area contributed by atoms with Gasteiger partial charge in [0.2, 0.25) is 0 Å². The van der Waals surface area contributed by atoms with Crippen molar-refractivity contribution >= 4 is 28.3 Å². The Bertz CT molecular complexity index is 451. The van der Waals surface area contributed by atoms with Crippen molar-refractivity contribution in [2.75, 3.05) is 18.0 Å². The van der Waals surface area contributed by atoms with Gasteiger partial charge in [-0.3, -0.25) is 0 Å². The van der Waals surface area contributed by atoms with Crippen molar-refractivity contribution in [3.8, 4) is 0 Å². The minimum Gasteiger partial charge on any atom is -0.365 e. The minimum absolute atomic E-state index is 0.294. The number of hydrogen-bond acceptors (Lipinski definition) is 2. The fourth-order valence-electron chi connectivity index (χ4n) is 2.90. The van der Waals surface area contributed by atoms with Gasteiger partial charge in [0, 0.05) is 34.4 Å². The molecule has 2 unspecified atom stereocenters. The maximum absolute atomic E-state index is 3.76. The normalized spacial score (nSPS) is 24.2. The molecule has 1 aromatic carbocycles. The molecule has 1 fully saturated rings. The van der Waals surface area contributed by atoms with Gasteiger partial charge in [-0.1, -0.05) is 40.7 Å². The lowest BCUT2D eigenvalue weighted by Crippen LogP contribution is -2.62. The van der Waals surface area contributed by atoms with E-state index in [2.05, 4.69) is 91.7 Å². The molecular formula is C17H27IN2. The third kappa shape index (κ3) is 3.67. The molecule has 3 heteroatoms. The standard InChI is InChI=1S/C17H27IN2/c1-12(2)15-10-19-16(17(3,4)5)11-20(15)14-8-6-7-13(18)9-14/h6-9,12,15-16,19H,10-11H2,1-5H3. The molecule has 1 aromatic rings. The Labute approximate surface area is 137 Å². The van der Waals surface area contributed by atoms with Crippen molar-refractivity contribution in [2.24, 2.45) is 11.3 Å². The maximum Gasteiger partial charge on any atom is 0.0438 e. The number of rotatable bonds is 2. The van der Waals surface area contributed by atoms with E-state index < -0.39 is 0 Å². The van der Waals surface area contributed by atoms with E-state index >= 15 is 0 Å². The molecule has 0 saturated carbocycles. The van der Waals surface area contributed by atoms with E-state index in [4.69, 9.17) is 0 Å². The van der Waals surface area contributed by atoms with Crippen molar-refractivity contribution in [1.29, 1.82) is 0 Å². The van der Waals surface area contributed by atoms with Crippen LogP contribution in [0.15, 0.2) is 24.3 Å². The van der Waals surface area contributed by atoms with E-state index in [1.165, 1.54) is 9.26 Å². The number of piperazine rings is 1. The van der Waals surface area contributed by atoms with E-state index in [1.54, 1.807) is 0 Å². The Morgan fingerprint density at radius 1 is 1.30 bits per heavy atom. The highest BCUT2D eigenvalue weighted by molar-refractivity contribution is 14.1. The monoisotopic (exact) mass is 386 g/mol. The number of benzene rings is 1. The molecule has 0 bridgehead atoms. The van der Waals surface area contributed by atoms with Gasteiger partial charge in [-0.25, -0.2) is 0 Å². The summed E-state index contributed by atoms with van der Waals surface area (Å²) < 4.78 is 1.31. The number of nitrogens with zero attached hydrogens (tertiary/aromatic N) is 1. The molecule has 1 heterocycles. The molecular weight excluding hydrogens is 359 g/mol. The third-order valence-electron chi connectivity index (χ3n) is 4.31. The summed E-state index contributed by atoms with van der Waals surface area (Å²) >= 11 is 2.41. The van der Waals surface area contributed by atoms with Crippen molar-refractivity contribution in [3.05, 3.63) is 27.8 Å². The molecule has 1 aliphatic heterocycles. The number of nitrogens with one attached hydrogen (secondary N) is 1. The van der Waals surface area contributed by atoms with Crippen LogP contribution in [-0.4, -0.2) is 25.2 Å². The first kappa shape index (κ1) is 16.1. The van der Waals surface area contributed by atoms with E-state index in [0.717, 1.165) is 13.1 Å². The van der Waals surface area contributed by atoms with E-state index in [-0.39, 0.29) is 0 Å². The Morgan fingerprint density at radius 2 is 2.00 bits per heavy atom. The molecule has 112 valence electrons. The molecule has 1 N–H and O–H groups in total. The van der Waals surface area contributed by atoms with Crippen LogP contribution in [-0.2, 0) is 0 Å². The predicted octanol–water partition coefficient (Wildman–Crippen LogP) is 4.14. The number of halogens is 1. The highest BCUT2D eigenvalue weighted by Gasteiger charge is 2.35. The van der Waals surface area contributed by atoms with Crippen molar-refractivity contribution in [1.82, 2.24) is 5.32 Å². The topological polar surface area (TPSA) is 15.3 Å². The summed E-state index contributed by atoms with van der Waals surface area (Å²) in [5.74, 6) is 0.654. The fourth-order valence-corrected chi connectivity index (χ4v) is 3.42. The molecule has 2 nitrogen and oxygen atoms in total. The van der Waals surface area contributed by atoms with Crippen LogP contribution in [0.2, 0.25) is 0 Å². The largest absolute Gasteiger partial charge is 0.365 e. The van der Waals surface area contributed by atoms with Crippen molar-refractivity contribution in [2.45, 2.75) is 46.7 Å². The van der Waals surface area contributed by atoms with Gasteiger partial charge in [-0.2, -0.15) is 0 Å². The van der Waals surface area contributed by atoms with Crippen LogP contribution in [0.25, 0.3) is 0 Å². The molecule has 0 aromatic heterocycles. The average molecular weight is 386 g/mol. The van der Waals surface area contributed by atoms with Crippen LogP contribution in [0, 0.1) is 14.9 Å². The van der Waals surface area contributed by atoms with Crippen LogP contribution >= 0.6 is 22.6 Å². The zero-order chi connectivity index (χ0) is 14.9. The molecule has 2 rings (SSSR count). The van der Waals surface area contributed by atoms with Gasteiger partial charge in [0.05, 0.1) is 0 Å². The van der Waals surface area contributed by atoms with Gasteiger partial charge in [0.1, 0.15) is 0 Å². The van der Waals surface area contributed by atoms with Crippen LogP contribution in [0.5, 0.6) is 0 Å². The quantitative estimate of drug-likeness (QED) is 0.769. The van der Waals surface area contributed by atoms with Crippen LogP contribution in [0.3, 0.4) is 0 Å². The van der Waals surface area contributed by atoms with E-state index in [9.17, 15) is 0 Å². The summed E-state index contributed by atoms with van der Waals surface area (Å²) in [5.41, 5.74) is 1.66. The van der Waals surface area contributed by atoms with Crippen molar-refractivity contribution in [3.63, 3.8) is 0 Å². The highest BCUT2D eigenvalue weighted by atomic mass is 127. The first-order chi connectivity index (χ1) is 9.29. The lowest BCUT2D eigenvalue weighted by molar-refractivity contribution is 0.221. The minimum atomic E-state index is 0.294. The number of anilines is 1. The molecule has 0 aliphatic carbocycles. The highest BCUT2D eigenvalue weighted by Crippen LogP contribution is 2.30. The second-order valence-electron chi connectivity index (χ2n) is 7.27. The second-order valence-corrected chi connectivity index (χ2v) is 8.52. The summed E-state index contributed by atoms with van der Waals surface area (Å²) in [6.45, 7) is 13.8. The molecule has 2 atom stereocenters. The van der Waals surface area contributed by atoms with Crippen LogP contribution < -0.4 is 10.2 Å². The Balaban J connectivity index is 2.28. The predicted molar refractivity (Wildman–Crippen MR) is 96.4 cm³/mol. The second kappa shape index (κ2) is 6.22. The van der Waals surface area contributed by atoms with Gasteiger partial charge in [0.25, 0.3) is 0 Å². The zero-order valence-corrected chi connectivity index (χ0v) is 15.4. The fraction of sp³-hybridized carbons (Fsp3) is 0.647. The molecule has 1 saturated heterocycles. The molecule has 20 heavy (non-hydrogen) atoms. The number of hydrogen-bond donors (Lipinski definition) is 1. The molecule has 1 aliphatic rings. The summed E-state index contributed by atoms with van der Waals surface area (Å²) in [4.78, 5) is 2.61. The third-order valence-corrected chi connectivity index (χ3v) is 4.98.